The van der Waals surface area contributed by atoms with Crippen molar-refractivity contribution in [2.75, 3.05) is 19.8 Å². The standard InChI is InChI=1S/C18H34O2.C17H34O2.C3H8O3.C2H6O/c1-2-3-4-5-6-7-8-9-10-11-12-13-14-15-16-17-18(19)20;1-4-5-6-7-8-9-10-11-12-13-14-15-17(18)19-16(2)3;4-1-3(6)2-5;1-2-3/h9-10H,2-8,11-17H2,1H3,(H,19,20);16H,4-15H2,1-3H3;3-6H,1-2H2;3H,2H2,1H3/b10-9-;;;. The van der Waals surface area contributed by atoms with Crippen molar-refractivity contribution in [2.24, 2.45) is 0 Å². The van der Waals surface area contributed by atoms with Gasteiger partial charge in [0, 0.05) is 19.4 Å². The van der Waals surface area contributed by atoms with Gasteiger partial charge in [0.05, 0.1) is 19.3 Å². The summed E-state index contributed by atoms with van der Waals surface area (Å²) in [4.78, 5) is 21.6. The smallest absolute Gasteiger partial charge is 0.306 e. The molecule has 8 nitrogen and oxygen atoms in total. The third kappa shape index (κ3) is 63.2. The Kier molecular flexibility index (Phi) is 55.4. The maximum absolute atomic E-state index is 11.3. The Labute approximate surface area is 297 Å². The number of aliphatic hydroxyl groups is 4. The number of aliphatic hydroxyl groups excluding tert-OH is 4. The Bertz CT molecular complexity index is 620. The van der Waals surface area contributed by atoms with Gasteiger partial charge < -0.3 is 30.3 Å². The molecule has 0 bridgehead atoms. The Balaban J connectivity index is -0.000000322. The third-order valence-corrected chi connectivity index (χ3v) is 7.43. The fraction of sp³-hybridized carbons (Fsp3) is 0.900. The number of carboxylic acids is 1. The second-order valence-electron chi connectivity index (χ2n) is 12.9. The number of unbranched alkanes of at least 4 members (excludes halogenated alkanes) is 21. The van der Waals surface area contributed by atoms with E-state index in [4.69, 9.17) is 30.3 Å². The average Bonchev–Trinajstić information content (AvgIpc) is 3.05. The summed E-state index contributed by atoms with van der Waals surface area (Å²) in [6, 6.07) is 0. The van der Waals surface area contributed by atoms with Crippen LogP contribution in [0, 0.1) is 0 Å². The molecule has 0 spiro atoms. The van der Waals surface area contributed by atoms with Crippen LogP contribution in [0.3, 0.4) is 0 Å². The molecule has 0 radical (unpaired) electrons. The first-order valence-electron chi connectivity index (χ1n) is 19.7. The number of hydrogen-bond donors (Lipinski definition) is 5. The number of aliphatic carboxylic acids is 1. The molecule has 290 valence electrons. The Morgan fingerprint density at radius 3 is 1.15 bits per heavy atom. The van der Waals surface area contributed by atoms with E-state index in [1.54, 1.807) is 6.92 Å². The van der Waals surface area contributed by atoms with Gasteiger partial charge >= 0.3 is 11.9 Å². The van der Waals surface area contributed by atoms with Gasteiger partial charge in [-0.1, -0.05) is 142 Å². The van der Waals surface area contributed by atoms with E-state index in [-0.39, 0.29) is 31.9 Å². The second kappa shape index (κ2) is 49.9. The van der Waals surface area contributed by atoms with E-state index in [1.807, 2.05) is 13.8 Å². The molecule has 0 amide bonds. The maximum atomic E-state index is 11.3. The summed E-state index contributed by atoms with van der Waals surface area (Å²) in [6.45, 7) is 9.52. The molecule has 0 heterocycles. The molecular formula is C40H82O8. The predicted octanol–water partition coefficient (Wildman–Crippen LogP) is 10.1. The van der Waals surface area contributed by atoms with E-state index in [9.17, 15) is 9.59 Å². The van der Waals surface area contributed by atoms with Gasteiger partial charge in [-0.05, 0) is 59.3 Å². The monoisotopic (exact) mass is 691 g/mol. The van der Waals surface area contributed by atoms with Crippen molar-refractivity contribution in [3.05, 3.63) is 12.2 Å². The van der Waals surface area contributed by atoms with Gasteiger partial charge in [-0.25, -0.2) is 0 Å². The van der Waals surface area contributed by atoms with Crippen LogP contribution >= 0.6 is 0 Å². The number of hydrogen-bond acceptors (Lipinski definition) is 7. The Hall–Kier alpha value is -1.48. The van der Waals surface area contributed by atoms with Crippen molar-refractivity contribution in [2.45, 2.75) is 214 Å². The minimum Gasteiger partial charge on any atom is -0.481 e. The zero-order valence-corrected chi connectivity index (χ0v) is 32.3. The van der Waals surface area contributed by atoms with Crippen molar-refractivity contribution in [3.63, 3.8) is 0 Å². The van der Waals surface area contributed by atoms with Crippen LogP contribution in [-0.4, -0.2) is 69.5 Å². The quantitative estimate of drug-likeness (QED) is 0.0284. The minimum atomic E-state index is -0.954. The molecule has 0 saturated carbocycles. The highest BCUT2D eigenvalue weighted by Crippen LogP contribution is 2.13. The van der Waals surface area contributed by atoms with Gasteiger partial charge in [-0.2, -0.15) is 0 Å². The summed E-state index contributed by atoms with van der Waals surface area (Å²) in [5.74, 6) is -0.700. The fourth-order valence-electron chi connectivity index (χ4n) is 4.66. The molecule has 0 rings (SSSR count). The molecule has 48 heavy (non-hydrogen) atoms. The third-order valence-electron chi connectivity index (χ3n) is 7.43. The van der Waals surface area contributed by atoms with Crippen molar-refractivity contribution in [1.29, 1.82) is 0 Å². The first-order chi connectivity index (χ1) is 23.2. The molecule has 5 N–H and O–H groups in total. The minimum absolute atomic E-state index is 0.0280. The highest BCUT2D eigenvalue weighted by atomic mass is 16.5. The summed E-state index contributed by atoms with van der Waals surface area (Å²) in [5, 5.41) is 40.1. The lowest BCUT2D eigenvalue weighted by molar-refractivity contribution is -0.147. The molecule has 0 fully saturated rings. The van der Waals surface area contributed by atoms with Crippen LogP contribution < -0.4 is 0 Å². The summed E-state index contributed by atoms with van der Waals surface area (Å²) in [5.41, 5.74) is 0. The van der Waals surface area contributed by atoms with Crippen LogP contribution in [0.2, 0.25) is 0 Å². The lowest BCUT2D eigenvalue weighted by atomic mass is 10.1. The summed E-state index contributed by atoms with van der Waals surface area (Å²) in [7, 11) is 0. The topological polar surface area (TPSA) is 145 Å². The van der Waals surface area contributed by atoms with Crippen LogP contribution in [0.5, 0.6) is 0 Å². The van der Waals surface area contributed by atoms with Crippen molar-refractivity contribution >= 4 is 11.9 Å². The summed E-state index contributed by atoms with van der Waals surface area (Å²) >= 11 is 0. The van der Waals surface area contributed by atoms with E-state index in [1.165, 1.54) is 135 Å². The second-order valence-corrected chi connectivity index (χ2v) is 12.9. The molecule has 0 aliphatic rings. The highest BCUT2D eigenvalue weighted by molar-refractivity contribution is 5.69. The van der Waals surface area contributed by atoms with Crippen LogP contribution in [0.25, 0.3) is 0 Å². The van der Waals surface area contributed by atoms with Gasteiger partial charge in [0.15, 0.2) is 0 Å². The molecule has 0 saturated heterocycles. The number of carbonyl (C=O) groups excluding carboxylic acids is 1. The SMILES string of the molecule is CCCCCCCC/C=C\CCCCCCCC(=O)O.CCCCCCCCCCCCCC(=O)OC(C)C.CCO.OCC(O)CO. The lowest BCUT2D eigenvalue weighted by Gasteiger charge is -2.07. The largest absolute Gasteiger partial charge is 0.481 e. The molecule has 0 aliphatic carbocycles. The normalized spacial score (nSPS) is 10.6. The van der Waals surface area contributed by atoms with Gasteiger partial charge in [-0.3, -0.25) is 9.59 Å². The molecule has 0 unspecified atom stereocenters. The average molecular weight is 691 g/mol. The number of ether oxygens (including phenoxy) is 1. The number of carbonyl (C=O) groups is 2. The summed E-state index contributed by atoms with van der Waals surface area (Å²) in [6.07, 6.45) is 35.4. The fourth-order valence-corrected chi connectivity index (χ4v) is 4.66. The van der Waals surface area contributed by atoms with Crippen LogP contribution in [-0.2, 0) is 14.3 Å². The first kappa shape index (κ1) is 53.3. The number of carboxylic acid groups (broad SMARTS) is 1. The lowest BCUT2D eigenvalue weighted by Crippen LogP contribution is -2.15. The molecule has 0 aliphatic heterocycles. The summed E-state index contributed by atoms with van der Waals surface area (Å²) < 4.78 is 5.10. The Morgan fingerprint density at radius 2 is 0.854 bits per heavy atom. The van der Waals surface area contributed by atoms with Crippen LogP contribution in [0.15, 0.2) is 12.2 Å². The molecule has 0 aromatic rings. The maximum Gasteiger partial charge on any atom is 0.306 e. The number of allylic oxidation sites excluding steroid dienone is 2. The van der Waals surface area contributed by atoms with E-state index >= 15 is 0 Å². The van der Waals surface area contributed by atoms with Crippen molar-refractivity contribution in [1.82, 2.24) is 0 Å². The van der Waals surface area contributed by atoms with Gasteiger partial charge in [0.2, 0.25) is 0 Å². The molecule has 0 atom stereocenters. The molecule has 0 aromatic carbocycles. The Morgan fingerprint density at radius 1 is 0.542 bits per heavy atom. The first-order valence-corrected chi connectivity index (χ1v) is 19.7. The molecule has 8 heteroatoms. The number of esters is 1. The van der Waals surface area contributed by atoms with Crippen LogP contribution in [0.4, 0.5) is 0 Å². The molecule has 0 aromatic heterocycles. The van der Waals surface area contributed by atoms with Crippen molar-refractivity contribution in [3.8, 4) is 0 Å². The van der Waals surface area contributed by atoms with E-state index in [0.29, 0.717) is 12.8 Å². The molecular weight excluding hydrogens is 608 g/mol. The van der Waals surface area contributed by atoms with Gasteiger partial charge in [-0.15, -0.1) is 0 Å². The number of rotatable bonds is 30. The van der Waals surface area contributed by atoms with Crippen LogP contribution in [0.1, 0.15) is 202 Å². The zero-order valence-electron chi connectivity index (χ0n) is 32.3. The van der Waals surface area contributed by atoms with Gasteiger partial charge in [0.25, 0.3) is 0 Å². The van der Waals surface area contributed by atoms with E-state index < -0.39 is 12.1 Å². The van der Waals surface area contributed by atoms with E-state index in [2.05, 4.69) is 26.0 Å². The predicted molar refractivity (Wildman–Crippen MR) is 202 cm³/mol. The zero-order chi connectivity index (χ0) is 36.9. The van der Waals surface area contributed by atoms with E-state index in [0.717, 1.165) is 19.3 Å². The van der Waals surface area contributed by atoms with Gasteiger partial charge in [0.1, 0.15) is 6.10 Å². The van der Waals surface area contributed by atoms with Crippen molar-refractivity contribution < 1.29 is 39.9 Å². The highest BCUT2D eigenvalue weighted by Gasteiger charge is 2.04.